The van der Waals surface area contributed by atoms with Crippen molar-refractivity contribution in [2.45, 2.75) is 24.5 Å². The molecule has 0 fully saturated rings. The second-order valence-electron chi connectivity index (χ2n) is 2.39. The Hall–Kier alpha value is -0.503. The van der Waals surface area contributed by atoms with Gasteiger partial charge in [0.1, 0.15) is 0 Å². The fourth-order valence-corrected chi connectivity index (χ4v) is 1.25. The SMILES string of the molecule is C=CC[SiH2]OC(F)(F)C(F)C(F)(F)F. The minimum absolute atomic E-state index is 0.0557. The third kappa shape index (κ3) is 4.14. The van der Waals surface area contributed by atoms with Gasteiger partial charge in [-0.15, -0.1) is 6.58 Å². The van der Waals surface area contributed by atoms with Crippen LogP contribution in [0.3, 0.4) is 0 Å². The summed E-state index contributed by atoms with van der Waals surface area (Å²) in [6.07, 6.45) is -13.4. The van der Waals surface area contributed by atoms with Crippen LogP contribution in [-0.2, 0) is 4.43 Å². The van der Waals surface area contributed by atoms with Crippen molar-refractivity contribution < 1.29 is 30.8 Å². The molecule has 0 aromatic heterocycles. The molecule has 0 rings (SSSR count). The molecule has 1 atom stereocenters. The Kier molecular flexibility index (Phi) is 4.65. The standard InChI is InChI=1S/C6H8F6OSi/c1-2-3-14-13-6(11,12)4(7)5(8,9)10/h2,4H,1,3,14H2. The fraction of sp³-hybridized carbons (Fsp3) is 0.667. The van der Waals surface area contributed by atoms with Crippen LogP contribution in [0.1, 0.15) is 0 Å². The number of hydrogen-bond donors (Lipinski definition) is 0. The highest BCUT2D eigenvalue weighted by molar-refractivity contribution is 6.27. The van der Waals surface area contributed by atoms with Crippen molar-refractivity contribution in [3.63, 3.8) is 0 Å². The van der Waals surface area contributed by atoms with Gasteiger partial charge in [-0.1, -0.05) is 6.08 Å². The summed E-state index contributed by atoms with van der Waals surface area (Å²) in [7, 11) is -1.90. The highest BCUT2D eigenvalue weighted by atomic mass is 28.2. The first kappa shape index (κ1) is 13.5. The molecule has 14 heavy (non-hydrogen) atoms. The largest absolute Gasteiger partial charge is 0.428 e. The third-order valence-corrected chi connectivity index (χ3v) is 2.43. The van der Waals surface area contributed by atoms with Gasteiger partial charge in [0.15, 0.2) is 9.76 Å². The van der Waals surface area contributed by atoms with Crippen LogP contribution in [0.4, 0.5) is 26.3 Å². The van der Waals surface area contributed by atoms with E-state index in [0.29, 0.717) is 0 Å². The van der Waals surface area contributed by atoms with E-state index in [0.717, 1.165) is 0 Å². The van der Waals surface area contributed by atoms with Crippen LogP contribution >= 0.6 is 0 Å². The van der Waals surface area contributed by atoms with Gasteiger partial charge in [0.05, 0.1) is 0 Å². The second kappa shape index (κ2) is 4.83. The molecule has 0 aromatic rings. The summed E-state index contributed by atoms with van der Waals surface area (Å²) < 4.78 is 74.9. The summed E-state index contributed by atoms with van der Waals surface area (Å²) in [6, 6.07) is 0.0557. The molecule has 0 bridgehead atoms. The minimum Gasteiger partial charge on any atom is -0.366 e. The van der Waals surface area contributed by atoms with Crippen LogP contribution in [-0.4, -0.2) is 28.2 Å². The highest BCUT2D eigenvalue weighted by Crippen LogP contribution is 2.35. The van der Waals surface area contributed by atoms with Crippen molar-refractivity contribution in [2.75, 3.05) is 0 Å². The normalized spacial score (nSPS) is 16.1. The van der Waals surface area contributed by atoms with Crippen molar-refractivity contribution in [2.24, 2.45) is 0 Å². The topological polar surface area (TPSA) is 9.23 Å². The van der Waals surface area contributed by atoms with E-state index in [-0.39, 0.29) is 6.04 Å². The maximum Gasteiger partial charge on any atom is 0.428 e. The summed E-state index contributed by atoms with van der Waals surface area (Å²) in [5.74, 6) is 0. The Morgan fingerprint density at radius 2 is 1.79 bits per heavy atom. The van der Waals surface area contributed by atoms with Gasteiger partial charge in [0, 0.05) is 0 Å². The van der Waals surface area contributed by atoms with E-state index in [9.17, 15) is 26.3 Å². The molecule has 0 N–H and O–H groups in total. The summed E-state index contributed by atoms with van der Waals surface area (Å²) in [4.78, 5) is 0. The van der Waals surface area contributed by atoms with E-state index in [4.69, 9.17) is 0 Å². The van der Waals surface area contributed by atoms with E-state index in [1.165, 1.54) is 6.08 Å². The van der Waals surface area contributed by atoms with E-state index >= 15 is 0 Å². The zero-order valence-corrected chi connectivity index (χ0v) is 8.37. The maximum absolute atomic E-state index is 12.3. The Bertz CT molecular complexity index is 191. The van der Waals surface area contributed by atoms with E-state index in [2.05, 4.69) is 11.0 Å². The number of allylic oxidation sites excluding steroid dienone is 1. The molecule has 1 nitrogen and oxygen atoms in total. The molecule has 0 aromatic carbocycles. The lowest BCUT2D eigenvalue weighted by Crippen LogP contribution is -2.44. The Labute approximate surface area is 78.7 Å². The van der Waals surface area contributed by atoms with Crippen LogP contribution in [0, 0.1) is 0 Å². The van der Waals surface area contributed by atoms with Crippen molar-refractivity contribution in [1.82, 2.24) is 0 Å². The molecule has 0 aliphatic rings. The predicted octanol–water partition coefficient (Wildman–Crippen LogP) is 2.18. The molecule has 0 amide bonds. The molecule has 84 valence electrons. The number of hydrogen-bond acceptors (Lipinski definition) is 1. The zero-order valence-electron chi connectivity index (χ0n) is 6.95. The molecule has 1 unspecified atom stereocenters. The van der Waals surface area contributed by atoms with Gasteiger partial charge < -0.3 is 4.43 Å². The first-order valence-corrected chi connectivity index (χ1v) is 5.13. The fourth-order valence-electron chi connectivity index (χ4n) is 0.542. The van der Waals surface area contributed by atoms with Gasteiger partial charge in [-0.3, -0.25) is 0 Å². The van der Waals surface area contributed by atoms with Crippen LogP contribution in [0.5, 0.6) is 0 Å². The van der Waals surface area contributed by atoms with Crippen LogP contribution in [0.2, 0.25) is 6.04 Å². The smallest absolute Gasteiger partial charge is 0.366 e. The van der Waals surface area contributed by atoms with Gasteiger partial charge in [-0.2, -0.15) is 22.0 Å². The summed E-state index contributed by atoms with van der Waals surface area (Å²) in [6.45, 7) is 3.17. The average molecular weight is 238 g/mol. The molecule has 0 spiro atoms. The molecular weight excluding hydrogens is 230 g/mol. The zero-order chi connectivity index (χ0) is 11.4. The van der Waals surface area contributed by atoms with Gasteiger partial charge in [-0.05, 0) is 6.04 Å². The molecule has 0 heterocycles. The van der Waals surface area contributed by atoms with Gasteiger partial charge in [-0.25, -0.2) is 4.39 Å². The summed E-state index contributed by atoms with van der Waals surface area (Å²) >= 11 is 0. The molecule has 0 radical (unpaired) electrons. The molecule has 0 aliphatic heterocycles. The van der Waals surface area contributed by atoms with Gasteiger partial charge in [0.25, 0.3) is 6.17 Å². The van der Waals surface area contributed by atoms with Crippen molar-refractivity contribution >= 4 is 9.76 Å². The average Bonchev–Trinajstić information content (AvgIpc) is 2.01. The maximum atomic E-state index is 12.3. The molecular formula is C6H8F6OSi. The molecule has 0 saturated carbocycles. The number of alkyl halides is 6. The highest BCUT2D eigenvalue weighted by Gasteiger charge is 2.57. The second-order valence-corrected chi connectivity index (χ2v) is 3.67. The predicted molar refractivity (Wildman–Crippen MR) is 40.5 cm³/mol. The Balaban J connectivity index is 4.23. The van der Waals surface area contributed by atoms with Crippen molar-refractivity contribution in [3.8, 4) is 0 Å². The minimum atomic E-state index is -5.61. The first-order chi connectivity index (χ1) is 6.22. The Morgan fingerprint density at radius 3 is 2.14 bits per heavy atom. The lowest BCUT2D eigenvalue weighted by molar-refractivity contribution is -0.305. The van der Waals surface area contributed by atoms with Crippen LogP contribution < -0.4 is 0 Å². The van der Waals surface area contributed by atoms with Crippen LogP contribution in [0.25, 0.3) is 0 Å². The van der Waals surface area contributed by atoms with Crippen molar-refractivity contribution in [3.05, 3.63) is 12.7 Å². The monoisotopic (exact) mass is 238 g/mol. The van der Waals surface area contributed by atoms with Crippen LogP contribution in [0.15, 0.2) is 12.7 Å². The summed E-state index contributed by atoms with van der Waals surface area (Å²) in [5.41, 5.74) is 0. The van der Waals surface area contributed by atoms with Crippen molar-refractivity contribution in [1.29, 1.82) is 0 Å². The lowest BCUT2D eigenvalue weighted by Gasteiger charge is -2.22. The third-order valence-electron chi connectivity index (χ3n) is 1.20. The Morgan fingerprint density at radius 1 is 1.29 bits per heavy atom. The first-order valence-electron chi connectivity index (χ1n) is 3.55. The molecule has 8 heteroatoms. The molecule has 0 saturated heterocycles. The quantitative estimate of drug-likeness (QED) is 0.309. The van der Waals surface area contributed by atoms with Gasteiger partial charge in [0.2, 0.25) is 0 Å². The van der Waals surface area contributed by atoms with E-state index in [1.54, 1.807) is 0 Å². The number of halogens is 6. The van der Waals surface area contributed by atoms with E-state index in [1.807, 2.05) is 0 Å². The lowest BCUT2D eigenvalue weighted by atomic mass is 10.3. The van der Waals surface area contributed by atoms with E-state index < -0.39 is 28.2 Å². The summed E-state index contributed by atoms with van der Waals surface area (Å²) in [5, 5.41) is 0. The number of rotatable bonds is 5. The molecule has 0 aliphatic carbocycles. The van der Waals surface area contributed by atoms with Gasteiger partial charge >= 0.3 is 12.3 Å².